The minimum absolute atomic E-state index is 0.0726. The van der Waals surface area contributed by atoms with Crippen molar-refractivity contribution in [1.29, 1.82) is 0 Å². The van der Waals surface area contributed by atoms with Crippen molar-refractivity contribution < 1.29 is 17.3 Å². The number of methoxy groups -OCH3 is 1. The Hall–Kier alpha value is -1.07. The summed E-state index contributed by atoms with van der Waals surface area (Å²) in [6.07, 6.45) is 5.75. The Morgan fingerprint density at radius 2 is 1.80 bits per heavy atom. The Bertz CT molecular complexity index is 539. The molecule has 0 heterocycles. The molecule has 0 aliphatic heterocycles. The summed E-state index contributed by atoms with van der Waals surface area (Å²) >= 11 is 0. The molecule has 2 rings (SSSR count). The quantitative estimate of drug-likeness (QED) is 0.633. The van der Waals surface area contributed by atoms with E-state index in [9.17, 15) is 8.42 Å². The minimum Gasteiger partial charge on any atom is -0.496 e. The van der Waals surface area contributed by atoms with Gasteiger partial charge in [-0.2, -0.15) is 8.42 Å². The molecule has 0 saturated heterocycles. The summed E-state index contributed by atoms with van der Waals surface area (Å²) in [5.74, 6) is 0.880. The lowest BCUT2D eigenvalue weighted by molar-refractivity contribution is 0.168. The smallest absolute Gasteiger partial charge is 0.264 e. The van der Waals surface area contributed by atoms with Crippen LogP contribution in [0, 0.1) is 0 Å². The van der Waals surface area contributed by atoms with E-state index in [-0.39, 0.29) is 12.0 Å². The van der Waals surface area contributed by atoms with Crippen molar-refractivity contribution in [3.63, 3.8) is 0 Å². The maximum Gasteiger partial charge on any atom is 0.264 e. The molecule has 1 aromatic carbocycles. The van der Waals surface area contributed by atoms with Gasteiger partial charge in [0.05, 0.1) is 19.5 Å². The summed E-state index contributed by atoms with van der Waals surface area (Å²) < 4.78 is 33.7. The summed E-state index contributed by atoms with van der Waals surface area (Å²) in [6.45, 7) is 0. The van der Waals surface area contributed by atoms with Gasteiger partial charge in [-0.3, -0.25) is 4.18 Å². The highest BCUT2D eigenvalue weighted by molar-refractivity contribution is 7.86. The van der Waals surface area contributed by atoms with Gasteiger partial charge < -0.3 is 4.74 Å². The fourth-order valence-corrected chi connectivity index (χ4v) is 3.62. The van der Waals surface area contributed by atoms with Crippen molar-refractivity contribution in [2.75, 3.05) is 13.4 Å². The predicted octanol–water partition coefficient (Wildman–Crippen LogP) is 3.09. The molecular formula is C15H22O4S. The third-order valence-corrected chi connectivity index (χ3v) is 4.39. The normalized spacial score (nSPS) is 24.1. The zero-order valence-electron chi connectivity index (χ0n) is 12.0. The summed E-state index contributed by atoms with van der Waals surface area (Å²) in [7, 11) is -1.80. The van der Waals surface area contributed by atoms with Gasteiger partial charge in [0.15, 0.2) is 0 Å². The minimum atomic E-state index is -3.44. The number of ether oxygens (including phenoxy) is 1. The lowest BCUT2D eigenvalue weighted by Crippen LogP contribution is -2.24. The van der Waals surface area contributed by atoms with Gasteiger partial charge >= 0.3 is 0 Å². The molecule has 1 aromatic rings. The van der Waals surface area contributed by atoms with Gasteiger partial charge in [0.1, 0.15) is 5.75 Å². The molecule has 0 unspecified atom stereocenters. The van der Waals surface area contributed by atoms with Crippen LogP contribution >= 0.6 is 0 Å². The molecule has 0 radical (unpaired) electrons. The molecule has 2 atom stereocenters. The van der Waals surface area contributed by atoms with Crippen LogP contribution in [0.3, 0.4) is 0 Å². The van der Waals surface area contributed by atoms with Crippen LogP contribution in [-0.4, -0.2) is 27.9 Å². The Balaban J connectivity index is 2.32. The van der Waals surface area contributed by atoms with Crippen LogP contribution in [0.2, 0.25) is 0 Å². The van der Waals surface area contributed by atoms with Crippen molar-refractivity contribution in [3.05, 3.63) is 29.8 Å². The Labute approximate surface area is 121 Å². The monoisotopic (exact) mass is 298 g/mol. The molecule has 0 amide bonds. The van der Waals surface area contributed by atoms with Crippen LogP contribution < -0.4 is 4.74 Å². The largest absolute Gasteiger partial charge is 0.496 e. The molecule has 1 aliphatic carbocycles. The third kappa shape index (κ3) is 3.96. The van der Waals surface area contributed by atoms with Crippen LogP contribution in [0.4, 0.5) is 0 Å². The molecule has 5 heteroatoms. The first-order valence-corrected chi connectivity index (χ1v) is 8.84. The molecule has 4 nitrogen and oxygen atoms in total. The van der Waals surface area contributed by atoms with Crippen LogP contribution in [0.1, 0.15) is 43.6 Å². The lowest BCUT2D eigenvalue weighted by Gasteiger charge is -2.26. The molecule has 1 saturated carbocycles. The standard InChI is InChI=1S/C15H22O4S/c1-18-14-10-7-6-9-12(14)13-8-4-3-5-11-15(13)19-20(2,16)17/h6-7,9-10,13,15H,3-5,8,11H2,1-2H3/t13-,15-/m0/s1. The first-order chi connectivity index (χ1) is 9.51. The van der Waals surface area contributed by atoms with Crippen LogP contribution in [-0.2, 0) is 14.3 Å². The Morgan fingerprint density at radius 1 is 1.10 bits per heavy atom. The van der Waals surface area contributed by atoms with Crippen molar-refractivity contribution in [1.82, 2.24) is 0 Å². The summed E-state index contributed by atoms with van der Waals surface area (Å²) in [6, 6.07) is 7.80. The number of rotatable bonds is 4. The fourth-order valence-electron chi connectivity index (χ4n) is 2.94. The van der Waals surface area contributed by atoms with E-state index in [1.165, 1.54) is 0 Å². The van der Waals surface area contributed by atoms with Crippen LogP contribution in [0.5, 0.6) is 5.75 Å². The molecule has 1 fully saturated rings. The molecule has 0 N–H and O–H groups in total. The number of benzene rings is 1. The second-order valence-electron chi connectivity index (χ2n) is 5.33. The first kappa shape index (κ1) is 15.3. The maximum atomic E-state index is 11.5. The van der Waals surface area contributed by atoms with Gasteiger partial charge in [-0.15, -0.1) is 0 Å². The van der Waals surface area contributed by atoms with E-state index in [0.29, 0.717) is 0 Å². The maximum absolute atomic E-state index is 11.5. The van der Waals surface area contributed by atoms with Gasteiger partial charge in [0.25, 0.3) is 10.1 Å². The zero-order chi connectivity index (χ0) is 14.6. The molecular weight excluding hydrogens is 276 g/mol. The SMILES string of the molecule is COc1ccccc1[C@@H]1CCCCC[C@@H]1OS(C)(=O)=O. The molecule has 20 heavy (non-hydrogen) atoms. The highest BCUT2D eigenvalue weighted by Crippen LogP contribution is 2.38. The Kier molecular flexibility index (Phi) is 5.05. The van der Waals surface area contributed by atoms with Gasteiger partial charge in [0, 0.05) is 5.92 Å². The molecule has 1 aliphatic rings. The van der Waals surface area contributed by atoms with Crippen LogP contribution in [0.15, 0.2) is 24.3 Å². The van der Waals surface area contributed by atoms with Crippen molar-refractivity contribution in [2.45, 2.75) is 44.1 Å². The molecule has 0 aromatic heterocycles. The van der Waals surface area contributed by atoms with Gasteiger partial charge in [-0.05, 0) is 24.5 Å². The van der Waals surface area contributed by atoms with Crippen molar-refractivity contribution >= 4 is 10.1 Å². The van der Waals surface area contributed by atoms with E-state index in [4.69, 9.17) is 8.92 Å². The first-order valence-electron chi connectivity index (χ1n) is 7.02. The lowest BCUT2D eigenvalue weighted by atomic mass is 9.89. The predicted molar refractivity (Wildman–Crippen MR) is 78.5 cm³/mol. The number of hydrogen-bond acceptors (Lipinski definition) is 4. The van der Waals surface area contributed by atoms with E-state index in [0.717, 1.165) is 49.7 Å². The highest BCUT2D eigenvalue weighted by Gasteiger charge is 2.30. The average molecular weight is 298 g/mol. The van der Waals surface area contributed by atoms with E-state index in [2.05, 4.69) is 0 Å². The molecule has 0 bridgehead atoms. The van der Waals surface area contributed by atoms with E-state index < -0.39 is 10.1 Å². The zero-order valence-corrected chi connectivity index (χ0v) is 12.9. The van der Waals surface area contributed by atoms with E-state index >= 15 is 0 Å². The van der Waals surface area contributed by atoms with Gasteiger partial charge in [-0.1, -0.05) is 37.5 Å². The highest BCUT2D eigenvalue weighted by atomic mass is 32.2. The third-order valence-electron chi connectivity index (χ3n) is 3.79. The molecule has 0 spiro atoms. The number of hydrogen-bond donors (Lipinski definition) is 0. The summed E-state index contributed by atoms with van der Waals surface area (Å²) in [4.78, 5) is 0. The fraction of sp³-hybridized carbons (Fsp3) is 0.600. The van der Waals surface area contributed by atoms with Gasteiger partial charge in [0.2, 0.25) is 0 Å². The topological polar surface area (TPSA) is 52.6 Å². The second kappa shape index (κ2) is 6.59. The van der Waals surface area contributed by atoms with Crippen molar-refractivity contribution in [3.8, 4) is 5.75 Å². The van der Waals surface area contributed by atoms with Crippen molar-refractivity contribution in [2.24, 2.45) is 0 Å². The summed E-state index contributed by atoms with van der Waals surface area (Å²) in [5.41, 5.74) is 1.05. The van der Waals surface area contributed by atoms with E-state index in [1.54, 1.807) is 7.11 Å². The average Bonchev–Trinajstić information content (AvgIpc) is 2.62. The second-order valence-corrected chi connectivity index (χ2v) is 6.93. The van der Waals surface area contributed by atoms with Crippen LogP contribution in [0.25, 0.3) is 0 Å². The molecule has 112 valence electrons. The Morgan fingerprint density at radius 3 is 2.50 bits per heavy atom. The number of para-hydroxylation sites is 1. The van der Waals surface area contributed by atoms with E-state index in [1.807, 2.05) is 24.3 Å². The van der Waals surface area contributed by atoms with Gasteiger partial charge in [-0.25, -0.2) is 0 Å². The summed E-state index contributed by atoms with van der Waals surface area (Å²) in [5, 5.41) is 0.